The molecule has 6 nitrogen and oxygen atoms in total. The summed E-state index contributed by atoms with van der Waals surface area (Å²) in [4.78, 5) is 24.3. The number of benzene rings is 2. The van der Waals surface area contributed by atoms with Crippen molar-refractivity contribution in [3.63, 3.8) is 0 Å². The van der Waals surface area contributed by atoms with E-state index in [4.69, 9.17) is 11.6 Å². The number of para-hydroxylation sites is 1. The number of thioether (sulfide) groups is 1. The van der Waals surface area contributed by atoms with E-state index in [0.717, 1.165) is 22.6 Å². The van der Waals surface area contributed by atoms with Crippen LogP contribution in [0.25, 0.3) is 0 Å². The molecule has 0 fully saturated rings. The largest absolute Gasteiger partial charge is 0.325 e. The quantitative estimate of drug-likeness (QED) is 0.576. The minimum atomic E-state index is -0.369. The van der Waals surface area contributed by atoms with Crippen LogP contribution in [0.2, 0.25) is 5.02 Å². The number of carbonyl (C=O) groups excluding carboxylic acids is 2. The Balaban J connectivity index is 1.54. The van der Waals surface area contributed by atoms with Crippen molar-refractivity contribution >= 4 is 57.9 Å². The SMILES string of the molecule is Cc1ccccc1NC(=O)CSc1nnc(C(=O)Nc2cccc(Cl)c2)s1. The van der Waals surface area contributed by atoms with Gasteiger partial charge in [-0.2, -0.15) is 0 Å². The van der Waals surface area contributed by atoms with E-state index in [0.29, 0.717) is 15.0 Å². The zero-order valence-electron chi connectivity index (χ0n) is 14.2. The Kier molecular flexibility index (Phi) is 6.44. The maximum atomic E-state index is 12.2. The van der Waals surface area contributed by atoms with Crippen LogP contribution in [0.3, 0.4) is 0 Å². The van der Waals surface area contributed by atoms with Crippen LogP contribution in [-0.4, -0.2) is 27.8 Å². The van der Waals surface area contributed by atoms with E-state index in [-0.39, 0.29) is 22.6 Å². The maximum absolute atomic E-state index is 12.2. The van der Waals surface area contributed by atoms with E-state index in [1.165, 1.54) is 11.8 Å². The van der Waals surface area contributed by atoms with Gasteiger partial charge < -0.3 is 10.6 Å². The van der Waals surface area contributed by atoms with Gasteiger partial charge >= 0.3 is 0 Å². The van der Waals surface area contributed by atoms with Crippen molar-refractivity contribution in [2.24, 2.45) is 0 Å². The Morgan fingerprint density at radius 3 is 2.70 bits per heavy atom. The molecule has 0 bridgehead atoms. The topological polar surface area (TPSA) is 84.0 Å². The van der Waals surface area contributed by atoms with Gasteiger partial charge in [0.25, 0.3) is 5.91 Å². The molecule has 2 N–H and O–H groups in total. The summed E-state index contributed by atoms with van der Waals surface area (Å²) >= 11 is 8.26. The lowest BCUT2D eigenvalue weighted by molar-refractivity contribution is -0.113. The molecule has 3 rings (SSSR count). The molecule has 0 saturated carbocycles. The van der Waals surface area contributed by atoms with Crippen LogP contribution in [0.5, 0.6) is 0 Å². The first-order chi connectivity index (χ1) is 13.0. The normalized spacial score (nSPS) is 10.4. The number of nitrogens with one attached hydrogen (secondary N) is 2. The molecule has 2 amide bonds. The molecule has 0 radical (unpaired) electrons. The molecule has 1 aromatic heterocycles. The molecule has 138 valence electrons. The predicted molar refractivity (Wildman–Crippen MR) is 110 cm³/mol. The summed E-state index contributed by atoms with van der Waals surface area (Å²) in [5.74, 6) is -0.334. The Bertz CT molecular complexity index is 977. The van der Waals surface area contributed by atoms with Crippen LogP contribution in [0, 0.1) is 6.92 Å². The highest BCUT2D eigenvalue weighted by atomic mass is 35.5. The fourth-order valence-electron chi connectivity index (χ4n) is 2.14. The van der Waals surface area contributed by atoms with Crippen LogP contribution < -0.4 is 10.6 Å². The summed E-state index contributed by atoms with van der Waals surface area (Å²) in [5, 5.41) is 14.2. The standard InChI is InChI=1S/C18H15ClN4O2S2/c1-11-5-2-3-8-14(11)21-15(24)10-26-18-23-22-17(27-18)16(25)20-13-7-4-6-12(19)9-13/h2-9H,10H2,1H3,(H,20,25)(H,21,24). The van der Waals surface area contributed by atoms with E-state index in [2.05, 4.69) is 20.8 Å². The lowest BCUT2D eigenvalue weighted by Crippen LogP contribution is -2.14. The number of nitrogens with zero attached hydrogens (tertiary/aromatic N) is 2. The molecule has 0 atom stereocenters. The molecule has 1 heterocycles. The number of anilines is 2. The molecule has 0 spiro atoms. The summed E-state index contributed by atoms with van der Waals surface area (Å²) in [6, 6.07) is 14.4. The number of amides is 2. The second kappa shape index (κ2) is 8.98. The average molecular weight is 419 g/mol. The van der Waals surface area contributed by atoms with E-state index in [1.54, 1.807) is 24.3 Å². The molecule has 27 heavy (non-hydrogen) atoms. The van der Waals surface area contributed by atoms with Crippen molar-refractivity contribution in [3.8, 4) is 0 Å². The minimum absolute atomic E-state index is 0.144. The Morgan fingerprint density at radius 2 is 1.93 bits per heavy atom. The number of hydrogen-bond donors (Lipinski definition) is 2. The number of rotatable bonds is 6. The minimum Gasteiger partial charge on any atom is -0.325 e. The highest BCUT2D eigenvalue weighted by Gasteiger charge is 2.15. The second-order valence-electron chi connectivity index (χ2n) is 5.49. The fraction of sp³-hybridized carbons (Fsp3) is 0.111. The molecule has 9 heteroatoms. The Morgan fingerprint density at radius 1 is 1.11 bits per heavy atom. The van der Waals surface area contributed by atoms with Gasteiger partial charge in [-0.1, -0.05) is 59.0 Å². The summed E-state index contributed by atoms with van der Waals surface area (Å²) in [5.41, 5.74) is 2.35. The molecule has 0 unspecified atom stereocenters. The number of aryl methyl sites for hydroxylation is 1. The third kappa shape index (κ3) is 5.53. The van der Waals surface area contributed by atoms with Crippen LogP contribution >= 0.6 is 34.7 Å². The van der Waals surface area contributed by atoms with Crippen molar-refractivity contribution in [1.29, 1.82) is 0 Å². The van der Waals surface area contributed by atoms with Crippen LogP contribution in [-0.2, 0) is 4.79 Å². The lowest BCUT2D eigenvalue weighted by atomic mass is 10.2. The molecule has 3 aromatic rings. The number of aromatic nitrogens is 2. The summed E-state index contributed by atoms with van der Waals surface area (Å²) in [6.07, 6.45) is 0. The zero-order chi connectivity index (χ0) is 19.2. The molecule has 0 aliphatic heterocycles. The van der Waals surface area contributed by atoms with Gasteiger partial charge in [0, 0.05) is 16.4 Å². The number of halogens is 1. The highest BCUT2D eigenvalue weighted by molar-refractivity contribution is 8.01. The van der Waals surface area contributed by atoms with Crippen molar-refractivity contribution in [1.82, 2.24) is 10.2 Å². The third-order valence-electron chi connectivity index (χ3n) is 3.43. The van der Waals surface area contributed by atoms with Gasteiger partial charge in [0.1, 0.15) is 0 Å². The van der Waals surface area contributed by atoms with Crippen molar-refractivity contribution < 1.29 is 9.59 Å². The second-order valence-corrected chi connectivity index (χ2v) is 8.13. The number of carbonyl (C=O) groups is 2. The summed E-state index contributed by atoms with van der Waals surface area (Å²) in [7, 11) is 0. The molecule has 2 aromatic carbocycles. The average Bonchev–Trinajstić information content (AvgIpc) is 3.11. The molecular weight excluding hydrogens is 404 g/mol. The van der Waals surface area contributed by atoms with Crippen molar-refractivity contribution in [3.05, 3.63) is 64.1 Å². The monoisotopic (exact) mass is 418 g/mol. The van der Waals surface area contributed by atoms with Gasteiger partial charge in [-0.05, 0) is 36.8 Å². The first kappa shape index (κ1) is 19.3. The molecular formula is C18H15ClN4O2S2. The summed E-state index contributed by atoms with van der Waals surface area (Å²) in [6.45, 7) is 1.93. The first-order valence-corrected chi connectivity index (χ1v) is 10.1. The maximum Gasteiger partial charge on any atom is 0.286 e. The van der Waals surface area contributed by atoms with Crippen molar-refractivity contribution in [2.45, 2.75) is 11.3 Å². The van der Waals surface area contributed by atoms with Gasteiger partial charge in [0.2, 0.25) is 10.9 Å². The van der Waals surface area contributed by atoms with Gasteiger partial charge in [0.15, 0.2) is 4.34 Å². The lowest BCUT2D eigenvalue weighted by Gasteiger charge is -2.06. The van der Waals surface area contributed by atoms with E-state index in [9.17, 15) is 9.59 Å². The van der Waals surface area contributed by atoms with Gasteiger partial charge in [0.05, 0.1) is 5.75 Å². The molecule has 0 aliphatic carbocycles. The summed E-state index contributed by atoms with van der Waals surface area (Å²) < 4.78 is 0.547. The Labute approximate surface area is 169 Å². The van der Waals surface area contributed by atoms with Gasteiger partial charge in [-0.3, -0.25) is 9.59 Å². The van der Waals surface area contributed by atoms with Crippen LogP contribution in [0.15, 0.2) is 52.9 Å². The van der Waals surface area contributed by atoms with E-state index >= 15 is 0 Å². The predicted octanol–water partition coefficient (Wildman–Crippen LogP) is 4.48. The number of hydrogen-bond acceptors (Lipinski definition) is 6. The highest BCUT2D eigenvalue weighted by Crippen LogP contribution is 2.24. The van der Waals surface area contributed by atoms with Crippen LogP contribution in [0.4, 0.5) is 11.4 Å². The third-order valence-corrected chi connectivity index (χ3v) is 5.72. The molecule has 0 saturated heterocycles. The smallest absolute Gasteiger partial charge is 0.286 e. The first-order valence-electron chi connectivity index (χ1n) is 7.90. The van der Waals surface area contributed by atoms with Gasteiger partial charge in [-0.15, -0.1) is 10.2 Å². The van der Waals surface area contributed by atoms with Crippen molar-refractivity contribution in [2.75, 3.05) is 16.4 Å². The van der Waals surface area contributed by atoms with E-state index < -0.39 is 0 Å². The van der Waals surface area contributed by atoms with E-state index in [1.807, 2.05) is 31.2 Å². The Hall–Kier alpha value is -2.42. The zero-order valence-corrected chi connectivity index (χ0v) is 16.6. The van der Waals surface area contributed by atoms with Crippen LogP contribution in [0.1, 0.15) is 15.4 Å². The molecule has 0 aliphatic rings. The van der Waals surface area contributed by atoms with Gasteiger partial charge in [-0.25, -0.2) is 0 Å². The fourth-order valence-corrected chi connectivity index (χ4v) is 3.87.